The van der Waals surface area contributed by atoms with Crippen molar-refractivity contribution in [1.82, 2.24) is 9.62 Å². The van der Waals surface area contributed by atoms with E-state index >= 15 is 0 Å². The molecule has 0 fully saturated rings. The highest BCUT2D eigenvalue weighted by atomic mass is 35.5. The molecule has 0 amide bonds. The van der Waals surface area contributed by atoms with Crippen molar-refractivity contribution in [2.24, 2.45) is 0 Å². The van der Waals surface area contributed by atoms with E-state index in [1.165, 1.54) is 12.1 Å². The van der Waals surface area contributed by atoms with Crippen LogP contribution in [0.25, 0.3) is 0 Å². The van der Waals surface area contributed by atoms with Gasteiger partial charge < -0.3 is 10.0 Å². The number of hydrogen-bond acceptors (Lipinski definition) is 4. The number of sulfonamides is 1. The first-order chi connectivity index (χ1) is 9.77. The van der Waals surface area contributed by atoms with Crippen LogP contribution < -0.4 is 4.72 Å². The van der Waals surface area contributed by atoms with Crippen molar-refractivity contribution in [3.63, 3.8) is 0 Å². The maximum Gasteiger partial charge on any atom is 0.242 e. The summed E-state index contributed by atoms with van der Waals surface area (Å²) in [7, 11) is 0.191. The van der Waals surface area contributed by atoms with Gasteiger partial charge in [0, 0.05) is 11.6 Å². The molecule has 5 nitrogen and oxygen atoms in total. The number of aliphatic hydroxyl groups excluding tert-OH is 1. The van der Waals surface area contributed by atoms with Gasteiger partial charge in [-0.05, 0) is 51.2 Å². The lowest BCUT2D eigenvalue weighted by Gasteiger charge is -2.12. The molecule has 0 atom stereocenters. The molecule has 0 aromatic heterocycles. The lowest BCUT2D eigenvalue weighted by molar-refractivity contribution is 0.281. The van der Waals surface area contributed by atoms with Gasteiger partial charge in [-0.3, -0.25) is 0 Å². The first-order valence-corrected chi connectivity index (χ1v) is 8.75. The SMILES string of the molecule is CN(C)CCCCNS(=O)(=O)c1cc(Cl)cc(CO)c1Cl. The van der Waals surface area contributed by atoms with Crippen LogP contribution in [0.1, 0.15) is 18.4 Å². The molecule has 120 valence electrons. The van der Waals surface area contributed by atoms with Gasteiger partial charge in [0.15, 0.2) is 0 Å². The Bertz CT molecular complexity index is 577. The number of nitrogens with zero attached hydrogens (tertiary/aromatic N) is 1. The van der Waals surface area contributed by atoms with Gasteiger partial charge in [-0.2, -0.15) is 0 Å². The summed E-state index contributed by atoms with van der Waals surface area (Å²) in [5, 5.41) is 9.39. The molecule has 0 saturated heterocycles. The summed E-state index contributed by atoms with van der Waals surface area (Å²) in [5.74, 6) is 0. The summed E-state index contributed by atoms with van der Waals surface area (Å²) in [6.07, 6.45) is 1.61. The smallest absolute Gasteiger partial charge is 0.242 e. The van der Waals surface area contributed by atoms with Crippen LogP contribution in [0.3, 0.4) is 0 Å². The first-order valence-electron chi connectivity index (χ1n) is 6.51. The molecule has 0 spiro atoms. The Kier molecular flexibility index (Phi) is 7.39. The van der Waals surface area contributed by atoms with Crippen molar-refractivity contribution in [1.29, 1.82) is 0 Å². The number of aliphatic hydroxyl groups is 1. The average molecular weight is 355 g/mol. The molecule has 0 aliphatic rings. The minimum absolute atomic E-state index is 0.00249. The molecule has 1 rings (SSSR count). The van der Waals surface area contributed by atoms with Gasteiger partial charge in [0.25, 0.3) is 0 Å². The number of benzene rings is 1. The van der Waals surface area contributed by atoms with Crippen molar-refractivity contribution in [2.45, 2.75) is 24.3 Å². The predicted octanol–water partition coefficient (Wildman–Crippen LogP) is 2.11. The highest BCUT2D eigenvalue weighted by molar-refractivity contribution is 7.89. The van der Waals surface area contributed by atoms with E-state index < -0.39 is 10.0 Å². The van der Waals surface area contributed by atoms with Crippen molar-refractivity contribution < 1.29 is 13.5 Å². The van der Waals surface area contributed by atoms with E-state index in [4.69, 9.17) is 28.3 Å². The van der Waals surface area contributed by atoms with Gasteiger partial charge >= 0.3 is 0 Å². The zero-order valence-corrected chi connectivity index (χ0v) is 14.4. The Labute approximate surface area is 135 Å². The Morgan fingerprint density at radius 2 is 1.90 bits per heavy atom. The van der Waals surface area contributed by atoms with Crippen molar-refractivity contribution in [3.05, 3.63) is 27.7 Å². The average Bonchev–Trinajstić information content (AvgIpc) is 2.40. The molecule has 0 saturated carbocycles. The van der Waals surface area contributed by atoms with Gasteiger partial charge in [-0.15, -0.1) is 0 Å². The standard InChI is InChI=1S/C13H20Cl2N2O3S/c1-17(2)6-4-3-5-16-21(19,20)12-8-11(14)7-10(9-18)13(12)15/h7-8,16,18H,3-6,9H2,1-2H3. The second kappa shape index (κ2) is 8.31. The number of halogens is 2. The molecule has 0 aliphatic heterocycles. The van der Waals surface area contributed by atoms with Crippen LogP contribution in [-0.4, -0.2) is 45.6 Å². The summed E-state index contributed by atoms with van der Waals surface area (Å²) in [5.41, 5.74) is 0.289. The molecule has 0 bridgehead atoms. The molecule has 1 aromatic carbocycles. The van der Waals surface area contributed by atoms with Gasteiger partial charge in [-0.25, -0.2) is 13.1 Å². The van der Waals surface area contributed by atoms with E-state index in [0.29, 0.717) is 6.54 Å². The fourth-order valence-electron chi connectivity index (χ4n) is 1.77. The second-order valence-corrected chi connectivity index (χ2v) is 7.49. The van der Waals surface area contributed by atoms with E-state index in [0.717, 1.165) is 19.4 Å². The molecule has 0 aliphatic carbocycles. The lowest BCUT2D eigenvalue weighted by atomic mass is 10.2. The van der Waals surface area contributed by atoms with Gasteiger partial charge in [0.2, 0.25) is 10.0 Å². The molecular weight excluding hydrogens is 335 g/mol. The molecule has 0 unspecified atom stereocenters. The largest absolute Gasteiger partial charge is 0.392 e. The van der Waals surface area contributed by atoms with E-state index in [-0.39, 0.29) is 27.1 Å². The van der Waals surface area contributed by atoms with E-state index in [9.17, 15) is 8.42 Å². The molecule has 0 radical (unpaired) electrons. The summed E-state index contributed by atoms with van der Waals surface area (Å²) in [4.78, 5) is 1.93. The van der Waals surface area contributed by atoms with Crippen LogP contribution in [0.5, 0.6) is 0 Å². The zero-order chi connectivity index (χ0) is 16.0. The van der Waals surface area contributed by atoms with Gasteiger partial charge in [0.05, 0.1) is 11.6 Å². The Balaban J connectivity index is 2.77. The number of nitrogens with one attached hydrogen (secondary N) is 1. The topological polar surface area (TPSA) is 69.6 Å². The normalized spacial score (nSPS) is 12.1. The first kappa shape index (κ1) is 18.7. The third kappa shape index (κ3) is 5.73. The quantitative estimate of drug-likeness (QED) is 0.701. The maximum absolute atomic E-state index is 12.2. The fraction of sp³-hybridized carbons (Fsp3) is 0.538. The fourth-order valence-corrected chi connectivity index (χ4v) is 3.76. The van der Waals surface area contributed by atoms with Gasteiger partial charge in [-0.1, -0.05) is 23.2 Å². The third-order valence-corrected chi connectivity index (χ3v) is 5.13. The van der Waals surface area contributed by atoms with Crippen LogP contribution in [0.4, 0.5) is 0 Å². The highest BCUT2D eigenvalue weighted by Gasteiger charge is 2.20. The lowest BCUT2D eigenvalue weighted by Crippen LogP contribution is -2.26. The van der Waals surface area contributed by atoms with Crippen molar-refractivity contribution in [2.75, 3.05) is 27.2 Å². The van der Waals surface area contributed by atoms with Crippen molar-refractivity contribution >= 4 is 33.2 Å². The predicted molar refractivity (Wildman–Crippen MR) is 85.4 cm³/mol. The van der Waals surface area contributed by atoms with E-state index in [2.05, 4.69) is 4.72 Å². The summed E-state index contributed by atoms with van der Waals surface area (Å²) < 4.78 is 26.9. The Morgan fingerprint density at radius 3 is 2.48 bits per heavy atom. The van der Waals surface area contributed by atoms with Crippen LogP contribution in [0, 0.1) is 0 Å². The minimum Gasteiger partial charge on any atom is -0.392 e. The summed E-state index contributed by atoms with van der Waals surface area (Å²) >= 11 is 11.9. The van der Waals surface area contributed by atoms with E-state index in [1.54, 1.807) is 0 Å². The molecule has 1 aromatic rings. The summed E-state index contributed by atoms with van der Waals surface area (Å²) in [6, 6.07) is 2.73. The Hall–Kier alpha value is -0.370. The third-order valence-electron chi connectivity index (χ3n) is 2.86. The highest BCUT2D eigenvalue weighted by Crippen LogP contribution is 2.29. The molecule has 0 heterocycles. The molecule has 2 N–H and O–H groups in total. The molecule has 21 heavy (non-hydrogen) atoms. The monoisotopic (exact) mass is 354 g/mol. The molecule has 8 heteroatoms. The van der Waals surface area contributed by atoms with Gasteiger partial charge in [0.1, 0.15) is 4.90 Å². The van der Waals surface area contributed by atoms with Crippen LogP contribution >= 0.6 is 23.2 Å². The number of hydrogen-bond donors (Lipinski definition) is 2. The minimum atomic E-state index is -3.74. The van der Waals surface area contributed by atoms with Crippen LogP contribution in [0.15, 0.2) is 17.0 Å². The van der Waals surface area contributed by atoms with Crippen LogP contribution in [-0.2, 0) is 16.6 Å². The Morgan fingerprint density at radius 1 is 1.24 bits per heavy atom. The van der Waals surface area contributed by atoms with Crippen molar-refractivity contribution in [3.8, 4) is 0 Å². The summed E-state index contributed by atoms with van der Waals surface area (Å²) in [6.45, 7) is 0.854. The van der Waals surface area contributed by atoms with E-state index in [1.807, 2.05) is 19.0 Å². The number of rotatable bonds is 8. The van der Waals surface area contributed by atoms with Crippen LogP contribution in [0.2, 0.25) is 10.0 Å². The molecular formula is C13H20Cl2N2O3S. The zero-order valence-electron chi connectivity index (χ0n) is 12.1. The second-order valence-electron chi connectivity index (χ2n) is 4.94. The number of unbranched alkanes of at least 4 members (excludes halogenated alkanes) is 1. The maximum atomic E-state index is 12.2.